The summed E-state index contributed by atoms with van der Waals surface area (Å²) in [4.78, 5) is 51.5. The minimum atomic E-state index is -1.16. The van der Waals surface area contributed by atoms with Gasteiger partial charge in [0, 0.05) is 12.2 Å². The molecule has 9 nitrogen and oxygen atoms in total. The van der Waals surface area contributed by atoms with E-state index in [0.29, 0.717) is 17.7 Å². The number of thioether (sulfide) groups is 1. The predicted molar refractivity (Wildman–Crippen MR) is 125 cm³/mol. The normalized spacial score (nSPS) is 21.7. The zero-order valence-electron chi connectivity index (χ0n) is 18.9. The maximum Gasteiger partial charge on any atom is 0.326 e. The number of carbonyl (C=O) groups excluding carboxylic acids is 3. The van der Waals surface area contributed by atoms with Crippen molar-refractivity contribution in [2.45, 2.75) is 57.1 Å². The Morgan fingerprint density at radius 3 is 2.52 bits per heavy atom. The molecule has 2 aliphatic heterocycles. The number of β-lactam (4-membered cyclic amide) rings is 1. The average molecular weight is 475 g/mol. The Kier molecular flexibility index (Phi) is 7.80. The van der Waals surface area contributed by atoms with Gasteiger partial charge in [-0.25, -0.2) is 4.79 Å². The smallest absolute Gasteiger partial charge is 0.326 e. The summed E-state index contributed by atoms with van der Waals surface area (Å²) in [5.74, 6) is -1.85. The van der Waals surface area contributed by atoms with Gasteiger partial charge in [0.05, 0.1) is 6.04 Å². The lowest BCUT2D eigenvalue weighted by atomic mass is 10.00. The van der Waals surface area contributed by atoms with Gasteiger partial charge >= 0.3 is 5.97 Å². The van der Waals surface area contributed by atoms with Crippen LogP contribution in [-0.2, 0) is 25.6 Å². The maximum atomic E-state index is 13.1. The molecular weight excluding hydrogens is 444 g/mol. The highest BCUT2D eigenvalue weighted by Gasteiger charge is 2.54. The second-order valence-electron chi connectivity index (χ2n) is 8.82. The van der Waals surface area contributed by atoms with Gasteiger partial charge in [0.2, 0.25) is 5.91 Å². The van der Waals surface area contributed by atoms with Crippen molar-refractivity contribution in [1.82, 2.24) is 15.5 Å². The molecular formula is C23H30N4O5S. The van der Waals surface area contributed by atoms with Crippen molar-refractivity contribution in [3.8, 4) is 0 Å². The fourth-order valence-corrected chi connectivity index (χ4v) is 5.24. The van der Waals surface area contributed by atoms with Gasteiger partial charge in [-0.15, -0.1) is 11.8 Å². The number of hydrogen-bond donors (Lipinski definition) is 4. The Labute approximate surface area is 197 Å². The molecule has 0 saturated carbocycles. The Balaban J connectivity index is 1.69. The predicted octanol–water partition coefficient (Wildman–Crippen LogP) is 0.846. The molecule has 2 aliphatic rings. The number of carbonyl (C=O) groups is 4. The minimum absolute atomic E-state index is 0.118. The summed E-state index contributed by atoms with van der Waals surface area (Å²) in [5.41, 5.74) is 7.53. The van der Waals surface area contributed by atoms with E-state index in [1.165, 1.54) is 16.7 Å². The lowest BCUT2D eigenvalue weighted by Crippen LogP contribution is -2.72. The highest BCUT2D eigenvalue weighted by atomic mass is 32.2. The van der Waals surface area contributed by atoms with E-state index >= 15 is 0 Å². The monoisotopic (exact) mass is 474 g/mol. The van der Waals surface area contributed by atoms with Gasteiger partial charge in [-0.1, -0.05) is 44.2 Å². The van der Waals surface area contributed by atoms with Gasteiger partial charge in [-0.2, -0.15) is 0 Å². The van der Waals surface area contributed by atoms with Crippen LogP contribution >= 0.6 is 11.8 Å². The lowest BCUT2D eigenvalue weighted by molar-refractivity contribution is -0.148. The molecule has 1 saturated heterocycles. The molecule has 0 spiro atoms. The van der Waals surface area contributed by atoms with Crippen LogP contribution < -0.4 is 16.4 Å². The van der Waals surface area contributed by atoms with E-state index in [1.54, 1.807) is 31.2 Å². The molecule has 0 aliphatic carbocycles. The Hall–Kier alpha value is -2.85. The van der Waals surface area contributed by atoms with Crippen molar-refractivity contribution < 1.29 is 24.3 Å². The number of rotatable bonds is 9. The van der Waals surface area contributed by atoms with Crippen molar-refractivity contribution in [2.24, 2.45) is 11.7 Å². The summed E-state index contributed by atoms with van der Waals surface area (Å²) in [6.45, 7) is 5.66. The molecule has 0 bridgehead atoms. The zero-order chi connectivity index (χ0) is 24.3. The van der Waals surface area contributed by atoms with Crippen molar-refractivity contribution in [3.05, 3.63) is 47.2 Å². The molecule has 178 valence electrons. The number of benzene rings is 1. The lowest BCUT2D eigenvalue weighted by Gasteiger charge is -2.50. The first kappa shape index (κ1) is 24.8. The number of carboxylic acids is 1. The first-order valence-corrected chi connectivity index (χ1v) is 11.9. The SMILES string of the molecule is CC1=C(C(=O)NC(Cc2ccccc2)C(=O)O)N2C(=O)[C@@H](NC(=O)[C@@H](N)CC(C)C)[C@H]2SC1. The molecule has 33 heavy (non-hydrogen) atoms. The maximum absolute atomic E-state index is 13.1. The summed E-state index contributed by atoms with van der Waals surface area (Å²) in [6.07, 6.45) is 0.617. The van der Waals surface area contributed by atoms with Crippen molar-refractivity contribution >= 4 is 35.5 Å². The number of nitrogens with two attached hydrogens (primary N) is 1. The molecule has 4 atom stereocenters. The fraction of sp³-hybridized carbons (Fsp3) is 0.478. The second-order valence-corrected chi connectivity index (χ2v) is 9.92. The van der Waals surface area contributed by atoms with E-state index in [0.717, 1.165) is 5.56 Å². The molecule has 2 heterocycles. The molecule has 3 rings (SSSR count). The molecule has 1 fully saturated rings. The van der Waals surface area contributed by atoms with E-state index in [-0.39, 0.29) is 18.0 Å². The minimum Gasteiger partial charge on any atom is -0.480 e. The molecule has 0 radical (unpaired) electrons. The molecule has 3 amide bonds. The molecule has 0 aromatic heterocycles. The van der Waals surface area contributed by atoms with Crippen LogP contribution in [0.5, 0.6) is 0 Å². The third-order valence-corrected chi connectivity index (χ3v) is 7.04. The van der Waals surface area contributed by atoms with Gasteiger partial charge < -0.3 is 21.5 Å². The van der Waals surface area contributed by atoms with Gasteiger partial charge in [0.25, 0.3) is 11.8 Å². The topological polar surface area (TPSA) is 142 Å². The van der Waals surface area contributed by atoms with Crippen LogP contribution in [0.2, 0.25) is 0 Å². The third kappa shape index (κ3) is 5.56. The number of nitrogens with one attached hydrogen (secondary N) is 2. The van der Waals surface area contributed by atoms with Gasteiger partial charge in [0.1, 0.15) is 23.2 Å². The molecule has 1 aromatic rings. The number of carboxylic acid groups (broad SMARTS) is 1. The van der Waals surface area contributed by atoms with E-state index in [1.807, 2.05) is 19.9 Å². The van der Waals surface area contributed by atoms with Crippen LogP contribution in [-0.4, -0.2) is 62.9 Å². The van der Waals surface area contributed by atoms with Crippen LogP contribution in [0.15, 0.2) is 41.6 Å². The van der Waals surface area contributed by atoms with E-state index < -0.39 is 47.2 Å². The number of nitrogens with zero attached hydrogens (tertiary/aromatic N) is 1. The number of aliphatic carboxylic acids is 1. The quantitative estimate of drug-likeness (QED) is 0.389. The standard InChI is InChI=1S/C23H30N4O5S/c1-12(2)9-15(24)19(28)26-17-21(30)27-18(13(3)11-33-22(17)27)20(29)25-16(23(31)32)10-14-7-5-4-6-8-14/h4-8,12,15-17,22H,9-11,24H2,1-3H3,(H,25,29)(H,26,28)(H,31,32)/t15-,16?,17+,22+/m0/s1. The summed E-state index contributed by atoms with van der Waals surface area (Å²) in [7, 11) is 0. The van der Waals surface area contributed by atoms with Crippen LogP contribution in [0, 0.1) is 5.92 Å². The van der Waals surface area contributed by atoms with Crippen LogP contribution in [0.4, 0.5) is 0 Å². The molecule has 1 aromatic carbocycles. The van der Waals surface area contributed by atoms with Crippen LogP contribution in [0.25, 0.3) is 0 Å². The zero-order valence-corrected chi connectivity index (χ0v) is 19.7. The Morgan fingerprint density at radius 1 is 1.24 bits per heavy atom. The van der Waals surface area contributed by atoms with Gasteiger partial charge in [-0.3, -0.25) is 19.3 Å². The summed E-state index contributed by atoms with van der Waals surface area (Å²) in [5, 5.41) is 14.4. The second kappa shape index (κ2) is 10.4. The average Bonchev–Trinajstić information content (AvgIpc) is 2.76. The summed E-state index contributed by atoms with van der Waals surface area (Å²) < 4.78 is 0. The highest BCUT2D eigenvalue weighted by Crippen LogP contribution is 2.40. The largest absolute Gasteiger partial charge is 0.480 e. The third-order valence-electron chi connectivity index (χ3n) is 5.62. The van der Waals surface area contributed by atoms with Gasteiger partial charge in [-0.05, 0) is 30.4 Å². The van der Waals surface area contributed by atoms with Crippen LogP contribution in [0.1, 0.15) is 32.8 Å². The molecule has 5 N–H and O–H groups in total. The Morgan fingerprint density at radius 2 is 1.91 bits per heavy atom. The van der Waals surface area contributed by atoms with E-state index in [2.05, 4.69) is 10.6 Å². The fourth-order valence-electron chi connectivity index (χ4n) is 3.94. The van der Waals surface area contributed by atoms with Crippen LogP contribution in [0.3, 0.4) is 0 Å². The summed E-state index contributed by atoms with van der Waals surface area (Å²) >= 11 is 1.44. The summed E-state index contributed by atoms with van der Waals surface area (Å²) in [6, 6.07) is 6.37. The van der Waals surface area contributed by atoms with Crippen molar-refractivity contribution in [3.63, 3.8) is 0 Å². The van der Waals surface area contributed by atoms with E-state index in [4.69, 9.17) is 5.73 Å². The molecule has 10 heteroatoms. The first-order chi connectivity index (χ1) is 15.6. The number of fused-ring (bicyclic) bond motifs is 1. The van der Waals surface area contributed by atoms with Gasteiger partial charge in [0.15, 0.2) is 0 Å². The van der Waals surface area contributed by atoms with Crippen molar-refractivity contribution in [2.75, 3.05) is 5.75 Å². The highest BCUT2D eigenvalue weighted by molar-refractivity contribution is 8.00. The molecule has 1 unspecified atom stereocenters. The Bertz CT molecular complexity index is 965. The van der Waals surface area contributed by atoms with Crippen molar-refractivity contribution in [1.29, 1.82) is 0 Å². The number of hydrogen-bond acceptors (Lipinski definition) is 6. The number of amides is 3. The van der Waals surface area contributed by atoms with E-state index in [9.17, 15) is 24.3 Å². The first-order valence-electron chi connectivity index (χ1n) is 10.9.